The van der Waals surface area contributed by atoms with Crippen molar-refractivity contribution < 1.29 is 14.9 Å². The van der Waals surface area contributed by atoms with Crippen LogP contribution in [0.15, 0.2) is 72.8 Å². The van der Waals surface area contributed by atoms with E-state index in [-0.39, 0.29) is 11.5 Å². The van der Waals surface area contributed by atoms with Gasteiger partial charge in [-0.05, 0) is 36.4 Å². The molecular formula is C20H14O3. The van der Waals surface area contributed by atoms with Gasteiger partial charge in [-0.25, -0.2) is 0 Å². The zero-order valence-electron chi connectivity index (χ0n) is 12.2. The molecule has 0 radical (unpaired) electrons. The number of hydrogen-bond donors (Lipinski definition) is 2. The summed E-state index contributed by atoms with van der Waals surface area (Å²) in [7, 11) is 0. The van der Waals surface area contributed by atoms with E-state index in [9.17, 15) is 10.2 Å². The maximum atomic E-state index is 9.44. The minimum absolute atomic E-state index is 0.0506. The average Bonchev–Trinajstić information content (AvgIpc) is 2.54. The third-order valence-corrected chi connectivity index (χ3v) is 3.09. The van der Waals surface area contributed by atoms with Gasteiger partial charge < -0.3 is 14.9 Å². The van der Waals surface area contributed by atoms with Crippen LogP contribution in [0, 0.1) is 11.8 Å². The molecule has 0 fully saturated rings. The zero-order chi connectivity index (χ0) is 16.1. The molecule has 3 aromatic carbocycles. The van der Waals surface area contributed by atoms with Gasteiger partial charge in [0.2, 0.25) is 0 Å². The molecule has 0 saturated carbocycles. The van der Waals surface area contributed by atoms with E-state index >= 15 is 0 Å². The highest BCUT2D eigenvalue weighted by Crippen LogP contribution is 2.29. The van der Waals surface area contributed by atoms with Crippen LogP contribution in [0.1, 0.15) is 11.1 Å². The lowest BCUT2D eigenvalue weighted by molar-refractivity contribution is 0.431. The molecule has 3 rings (SSSR count). The smallest absolute Gasteiger partial charge is 0.134 e. The standard InChI is InChI=1S/C20H14O3/c21-17-12-18(22)14-20(13-17)23-19-10-8-16(9-11-19)7-6-15-4-2-1-3-5-15/h1-5,8-14,21-22H. The fourth-order valence-electron chi connectivity index (χ4n) is 2.04. The number of hydrogen-bond acceptors (Lipinski definition) is 3. The van der Waals surface area contributed by atoms with E-state index in [0.29, 0.717) is 11.5 Å². The zero-order valence-corrected chi connectivity index (χ0v) is 12.2. The van der Waals surface area contributed by atoms with Crippen LogP contribution in [0.3, 0.4) is 0 Å². The Bertz CT molecular complexity index is 837. The molecule has 23 heavy (non-hydrogen) atoms. The third kappa shape index (κ3) is 4.05. The molecule has 3 nitrogen and oxygen atoms in total. The Balaban J connectivity index is 1.73. The van der Waals surface area contributed by atoms with Crippen molar-refractivity contribution >= 4 is 0 Å². The molecule has 0 bridgehead atoms. The van der Waals surface area contributed by atoms with Crippen molar-refractivity contribution in [1.82, 2.24) is 0 Å². The molecule has 0 spiro atoms. The van der Waals surface area contributed by atoms with Crippen LogP contribution in [-0.2, 0) is 0 Å². The van der Waals surface area contributed by atoms with E-state index in [0.717, 1.165) is 11.1 Å². The Labute approximate surface area is 134 Å². The third-order valence-electron chi connectivity index (χ3n) is 3.09. The monoisotopic (exact) mass is 302 g/mol. The second kappa shape index (κ2) is 6.59. The summed E-state index contributed by atoms with van der Waals surface area (Å²) in [5.41, 5.74) is 1.84. The second-order valence-corrected chi connectivity index (χ2v) is 4.93. The van der Waals surface area contributed by atoms with Crippen LogP contribution in [0.2, 0.25) is 0 Å². The first-order valence-corrected chi connectivity index (χ1v) is 7.07. The minimum Gasteiger partial charge on any atom is -0.508 e. The van der Waals surface area contributed by atoms with Gasteiger partial charge in [-0.15, -0.1) is 0 Å². The Kier molecular flexibility index (Phi) is 4.17. The number of phenols is 2. The highest BCUT2D eigenvalue weighted by Gasteiger charge is 2.02. The fourth-order valence-corrected chi connectivity index (χ4v) is 2.04. The molecule has 0 amide bonds. The number of ether oxygens (including phenoxy) is 1. The molecule has 0 heterocycles. The molecule has 3 heteroatoms. The normalized spacial score (nSPS) is 9.74. The van der Waals surface area contributed by atoms with Gasteiger partial charge in [0, 0.05) is 29.3 Å². The van der Waals surface area contributed by atoms with Crippen molar-refractivity contribution in [3.05, 3.63) is 83.9 Å². The van der Waals surface area contributed by atoms with Crippen LogP contribution in [0.5, 0.6) is 23.0 Å². The Hall–Kier alpha value is -3.38. The van der Waals surface area contributed by atoms with E-state index in [1.165, 1.54) is 18.2 Å². The van der Waals surface area contributed by atoms with Gasteiger partial charge in [-0.3, -0.25) is 0 Å². The number of rotatable bonds is 2. The summed E-state index contributed by atoms with van der Waals surface area (Å²) in [4.78, 5) is 0. The Morgan fingerprint density at radius 3 is 1.78 bits per heavy atom. The molecule has 0 saturated heterocycles. The molecule has 0 aliphatic heterocycles. The van der Waals surface area contributed by atoms with E-state index in [4.69, 9.17) is 4.74 Å². The van der Waals surface area contributed by atoms with Crippen molar-refractivity contribution in [2.24, 2.45) is 0 Å². The Morgan fingerprint density at radius 1 is 0.609 bits per heavy atom. The van der Waals surface area contributed by atoms with Crippen LogP contribution < -0.4 is 4.74 Å². The van der Waals surface area contributed by atoms with E-state index in [2.05, 4.69) is 11.8 Å². The molecule has 112 valence electrons. The van der Waals surface area contributed by atoms with Crippen LogP contribution in [-0.4, -0.2) is 10.2 Å². The van der Waals surface area contributed by atoms with E-state index < -0.39 is 0 Å². The first kappa shape index (κ1) is 14.6. The summed E-state index contributed by atoms with van der Waals surface area (Å²) in [6.45, 7) is 0. The molecule has 0 aliphatic carbocycles. The number of benzene rings is 3. The summed E-state index contributed by atoms with van der Waals surface area (Å²) < 4.78 is 5.59. The lowest BCUT2D eigenvalue weighted by Crippen LogP contribution is -1.84. The quantitative estimate of drug-likeness (QED) is 0.694. The van der Waals surface area contributed by atoms with Gasteiger partial charge in [0.05, 0.1) is 0 Å². The van der Waals surface area contributed by atoms with Gasteiger partial charge in [-0.1, -0.05) is 30.0 Å². The molecule has 0 aromatic heterocycles. The first-order chi connectivity index (χ1) is 11.2. The minimum atomic E-state index is -0.0506. The first-order valence-electron chi connectivity index (χ1n) is 7.07. The molecule has 0 aliphatic rings. The maximum Gasteiger partial charge on any atom is 0.134 e. The van der Waals surface area contributed by atoms with Crippen LogP contribution in [0.25, 0.3) is 0 Å². The van der Waals surface area contributed by atoms with Crippen molar-refractivity contribution in [2.75, 3.05) is 0 Å². The highest BCUT2D eigenvalue weighted by atomic mass is 16.5. The maximum absolute atomic E-state index is 9.44. The lowest BCUT2D eigenvalue weighted by atomic mass is 10.2. The lowest BCUT2D eigenvalue weighted by Gasteiger charge is -2.06. The summed E-state index contributed by atoms with van der Waals surface area (Å²) in [6, 6.07) is 21.2. The SMILES string of the molecule is Oc1cc(O)cc(Oc2ccc(C#Cc3ccccc3)cc2)c1. The van der Waals surface area contributed by atoms with E-state index in [1.54, 1.807) is 12.1 Å². The predicted octanol–water partition coefficient (Wildman–Crippen LogP) is 4.29. The van der Waals surface area contributed by atoms with Gasteiger partial charge in [0.15, 0.2) is 0 Å². The summed E-state index contributed by atoms with van der Waals surface area (Å²) in [5.74, 6) is 7.04. The van der Waals surface area contributed by atoms with Crippen LogP contribution >= 0.6 is 0 Å². The van der Waals surface area contributed by atoms with Gasteiger partial charge in [0.1, 0.15) is 23.0 Å². The van der Waals surface area contributed by atoms with Crippen molar-refractivity contribution in [2.45, 2.75) is 0 Å². The fraction of sp³-hybridized carbons (Fsp3) is 0. The predicted molar refractivity (Wildman–Crippen MR) is 88.7 cm³/mol. The molecule has 3 aromatic rings. The largest absolute Gasteiger partial charge is 0.508 e. The average molecular weight is 302 g/mol. The summed E-state index contributed by atoms with van der Waals surface area (Å²) in [6.07, 6.45) is 0. The number of phenolic OH excluding ortho intramolecular Hbond substituents is 2. The van der Waals surface area contributed by atoms with Crippen molar-refractivity contribution in [3.63, 3.8) is 0 Å². The molecule has 0 unspecified atom stereocenters. The molecule has 2 N–H and O–H groups in total. The highest BCUT2D eigenvalue weighted by molar-refractivity contribution is 5.46. The molecule has 0 atom stereocenters. The van der Waals surface area contributed by atoms with Gasteiger partial charge in [0.25, 0.3) is 0 Å². The van der Waals surface area contributed by atoms with Crippen LogP contribution in [0.4, 0.5) is 0 Å². The topological polar surface area (TPSA) is 49.7 Å². The van der Waals surface area contributed by atoms with Crippen molar-refractivity contribution in [1.29, 1.82) is 0 Å². The summed E-state index contributed by atoms with van der Waals surface area (Å²) >= 11 is 0. The van der Waals surface area contributed by atoms with Crippen molar-refractivity contribution in [3.8, 4) is 34.8 Å². The van der Waals surface area contributed by atoms with Gasteiger partial charge in [-0.2, -0.15) is 0 Å². The second-order valence-electron chi connectivity index (χ2n) is 4.93. The Morgan fingerprint density at radius 2 is 1.17 bits per heavy atom. The van der Waals surface area contributed by atoms with E-state index in [1.807, 2.05) is 42.5 Å². The summed E-state index contributed by atoms with van der Waals surface area (Å²) in [5, 5.41) is 18.9. The molecular weight excluding hydrogens is 288 g/mol. The van der Waals surface area contributed by atoms with Gasteiger partial charge >= 0.3 is 0 Å². The number of aromatic hydroxyl groups is 2.